The van der Waals surface area contributed by atoms with E-state index in [4.69, 9.17) is 24.0 Å². The van der Waals surface area contributed by atoms with Crippen molar-refractivity contribution < 1.29 is 23.6 Å². The molecule has 0 unspecified atom stereocenters. The third kappa shape index (κ3) is 6.85. The van der Waals surface area contributed by atoms with Crippen molar-refractivity contribution in [3.63, 3.8) is 0 Å². The first kappa shape index (κ1) is 29.6. The molecule has 2 atom stereocenters. The van der Waals surface area contributed by atoms with Crippen LogP contribution in [0.25, 0.3) is 0 Å². The van der Waals surface area contributed by atoms with Crippen LogP contribution in [-0.4, -0.2) is 82.0 Å². The average Bonchev–Trinajstić information content (AvgIpc) is 3.62. The maximum absolute atomic E-state index is 13.6. The molecule has 11 heteroatoms. The standard InChI is InChI=1S/C28H46BN5O5/c1-18(2)22(32-25(36)37-26(3,4)5)23(35)33-14-10-11-21(17-33)34(20-12-13-20)24-30-15-19(16-31-24)29-38-27(6,7)28(8,9)39-29/h15-16,18,20-22H,10-14,17H2,1-9H3,(H,32,36)/t21-,22+/m0/s1. The highest BCUT2D eigenvalue weighted by atomic mass is 16.7. The van der Waals surface area contributed by atoms with Crippen LogP contribution in [0.3, 0.4) is 0 Å². The minimum Gasteiger partial charge on any atom is -0.444 e. The Balaban J connectivity index is 1.45. The molecule has 2 saturated heterocycles. The van der Waals surface area contributed by atoms with Gasteiger partial charge in [-0.2, -0.15) is 0 Å². The second-order valence-corrected chi connectivity index (χ2v) is 13.5. The lowest BCUT2D eigenvalue weighted by molar-refractivity contribution is -0.135. The maximum atomic E-state index is 13.6. The number of piperidine rings is 1. The Bertz CT molecular complexity index is 1020. The van der Waals surface area contributed by atoms with Crippen molar-refractivity contribution in [2.24, 2.45) is 5.92 Å². The van der Waals surface area contributed by atoms with Crippen molar-refractivity contribution in [1.29, 1.82) is 0 Å². The molecule has 1 aromatic heterocycles. The molecule has 0 bridgehead atoms. The lowest BCUT2D eigenvalue weighted by atomic mass is 9.81. The van der Waals surface area contributed by atoms with E-state index in [2.05, 4.69) is 10.2 Å². The number of hydrogen-bond acceptors (Lipinski definition) is 8. The van der Waals surface area contributed by atoms with E-state index in [1.54, 1.807) is 12.4 Å². The summed E-state index contributed by atoms with van der Waals surface area (Å²) in [7, 11) is -0.508. The number of likely N-dealkylation sites (tertiary alicyclic amines) is 1. The molecule has 3 heterocycles. The van der Waals surface area contributed by atoms with Gasteiger partial charge < -0.3 is 29.2 Å². The summed E-state index contributed by atoms with van der Waals surface area (Å²) in [5, 5.41) is 2.81. The first-order valence-corrected chi connectivity index (χ1v) is 14.3. The highest BCUT2D eigenvalue weighted by Crippen LogP contribution is 2.37. The Morgan fingerprint density at radius 1 is 1.08 bits per heavy atom. The molecule has 3 aliphatic rings. The van der Waals surface area contributed by atoms with Gasteiger partial charge in [-0.3, -0.25) is 4.79 Å². The summed E-state index contributed by atoms with van der Waals surface area (Å²) in [5.74, 6) is 0.522. The molecule has 4 rings (SSSR count). The van der Waals surface area contributed by atoms with E-state index < -0.39 is 36.1 Å². The summed E-state index contributed by atoms with van der Waals surface area (Å²) in [4.78, 5) is 39.7. The first-order chi connectivity index (χ1) is 18.1. The predicted molar refractivity (Wildman–Crippen MR) is 151 cm³/mol. The molecule has 0 radical (unpaired) electrons. The lowest BCUT2D eigenvalue weighted by Crippen LogP contribution is -2.57. The van der Waals surface area contributed by atoms with Gasteiger partial charge in [0, 0.05) is 43.0 Å². The molecule has 3 fully saturated rings. The van der Waals surface area contributed by atoms with E-state index in [0.717, 1.165) is 31.1 Å². The van der Waals surface area contributed by atoms with Crippen LogP contribution in [-0.2, 0) is 18.8 Å². The average molecular weight is 544 g/mol. The highest BCUT2D eigenvalue weighted by molar-refractivity contribution is 6.61. The molecular weight excluding hydrogens is 497 g/mol. The van der Waals surface area contributed by atoms with Crippen molar-refractivity contribution in [3.8, 4) is 0 Å². The van der Waals surface area contributed by atoms with Gasteiger partial charge in [-0.1, -0.05) is 13.8 Å². The second kappa shape index (κ2) is 10.9. The van der Waals surface area contributed by atoms with E-state index in [0.29, 0.717) is 25.1 Å². The fourth-order valence-electron chi connectivity index (χ4n) is 5.07. The van der Waals surface area contributed by atoms with Crippen LogP contribution in [0.5, 0.6) is 0 Å². The minimum atomic E-state index is -0.650. The largest absolute Gasteiger partial charge is 0.498 e. The summed E-state index contributed by atoms with van der Waals surface area (Å²) in [5.41, 5.74) is -0.698. The Morgan fingerprint density at radius 3 is 2.18 bits per heavy atom. The summed E-state index contributed by atoms with van der Waals surface area (Å²) in [6.45, 7) is 18.6. The van der Waals surface area contributed by atoms with Gasteiger partial charge in [0.25, 0.3) is 0 Å². The first-order valence-electron chi connectivity index (χ1n) is 14.3. The van der Waals surface area contributed by atoms with E-state index in [9.17, 15) is 9.59 Å². The summed E-state index contributed by atoms with van der Waals surface area (Å²) in [6, 6.07) is -0.177. The van der Waals surface area contributed by atoms with Crippen molar-refractivity contribution in [2.75, 3.05) is 18.0 Å². The number of anilines is 1. The number of nitrogens with zero attached hydrogens (tertiary/aromatic N) is 4. The predicted octanol–water partition coefficient (Wildman–Crippen LogP) is 3.28. The SMILES string of the molecule is CC(C)[C@@H](NC(=O)OC(C)(C)C)C(=O)N1CCC[C@H](N(c2ncc(B3OC(C)(C)C(C)(C)O3)cn2)C2CC2)C1. The summed E-state index contributed by atoms with van der Waals surface area (Å²) < 4.78 is 17.7. The number of carbonyl (C=O) groups excluding carboxylic acids is 2. The lowest BCUT2D eigenvalue weighted by Gasteiger charge is -2.41. The van der Waals surface area contributed by atoms with E-state index in [1.807, 2.05) is 67.2 Å². The molecule has 39 heavy (non-hydrogen) atoms. The maximum Gasteiger partial charge on any atom is 0.498 e. The van der Waals surface area contributed by atoms with E-state index in [-0.39, 0.29) is 17.9 Å². The molecule has 216 valence electrons. The van der Waals surface area contributed by atoms with Crippen LogP contribution < -0.4 is 15.7 Å². The monoisotopic (exact) mass is 543 g/mol. The molecule has 1 saturated carbocycles. The molecule has 0 aromatic carbocycles. The number of carbonyl (C=O) groups is 2. The molecule has 1 aromatic rings. The third-order valence-corrected chi connectivity index (χ3v) is 8.06. The van der Waals surface area contributed by atoms with Crippen LogP contribution in [0.2, 0.25) is 0 Å². The number of aromatic nitrogens is 2. The van der Waals surface area contributed by atoms with Crippen LogP contribution in [0, 0.1) is 5.92 Å². The van der Waals surface area contributed by atoms with Crippen molar-refractivity contribution >= 4 is 30.5 Å². The van der Waals surface area contributed by atoms with Gasteiger partial charge in [0.2, 0.25) is 11.9 Å². The second-order valence-electron chi connectivity index (χ2n) is 13.5. The molecule has 1 N–H and O–H groups in total. The van der Waals surface area contributed by atoms with E-state index in [1.165, 1.54) is 0 Å². The third-order valence-electron chi connectivity index (χ3n) is 8.06. The zero-order valence-corrected chi connectivity index (χ0v) is 25.1. The van der Waals surface area contributed by atoms with Crippen LogP contribution >= 0.6 is 0 Å². The Hall–Kier alpha value is -2.40. The molecule has 0 spiro atoms. The number of rotatable bonds is 7. The zero-order valence-electron chi connectivity index (χ0n) is 25.1. The Labute approximate surface area is 233 Å². The molecular formula is C28H46BN5O5. The number of hydrogen-bond donors (Lipinski definition) is 1. The van der Waals surface area contributed by atoms with Crippen LogP contribution in [0.15, 0.2) is 12.4 Å². The summed E-state index contributed by atoms with van der Waals surface area (Å²) >= 11 is 0. The number of ether oxygens (including phenoxy) is 1. The van der Waals surface area contributed by atoms with Crippen molar-refractivity contribution in [1.82, 2.24) is 20.2 Å². The van der Waals surface area contributed by atoms with Gasteiger partial charge >= 0.3 is 13.2 Å². The van der Waals surface area contributed by atoms with E-state index >= 15 is 0 Å². The Morgan fingerprint density at radius 2 is 1.67 bits per heavy atom. The van der Waals surface area contributed by atoms with Gasteiger partial charge in [-0.05, 0) is 80.1 Å². The van der Waals surface area contributed by atoms with Gasteiger partial charge in [0.1, 0.15) is 11.6 Å². The van der Waals surface area contributed by atoms with Gasteiger partial charge in [0.05, 0.1) is 11.2 Å². The number of alkyl carbamates (subject to hydrolysis) is 1. The highest BCUT2D eigenvalue weighted by Gasteiger charge is 2.52. The smallest absolute Gasteiger partial charge is 0.444 e. The van der Waals surface area contributed by atoms with Crippen LogP contribution in [0.4, 0.5) is 10.7 Å². The molecule has 2 amide bonds. The zero-order chi connectivity index (χ0) is 28.8. The van der Waals surface area contributed by atoms with Crippen molar-refractivity contribution in [3.05, 3.63) is 12.4 Å². The fourth-order valence-corrected chi connectivity index (χ4v) is 5.07. The fraction of sp³-hybridized carbons (Fsp3) is 0.786. The Kier molecular flexibility index (Phi) is 8.25. The number of nitrogens with one attached hydrogen (secondary N) is 1. The normalized spacial score (nSPS) is 23.5. The van der Waals surface area contributed by atoms with Gasteiger partial charge in [-0.15, -0.1) is 0 Å². The molecule has 2 aliphatic heterocycles. The van der Waals surface area contributed by atoms with Crippen molar-refractivity contribution in [2.45, 2.75) is 123 Å². The van der Waals surface area contributed by atoms with Gasteiger partial charge in [0.15, 0.2) is 0 Å². The number of amides is 2. The quantitative estimate of drug-likeness (QED) is 0.523. The van der Waals surface area contributed by atoms with Crippen LogP contribution in [0.1, 0.15) is 88.0 Å². The minimum absolute atomic E-state index is 0.0733. The topological polar surface area (TPSA) is 106 Å². The van der Waals surface area contributed by atoms with Gasteiger partial charge in [-0.25, -0.2) is 14.8 Å². The molecule has 10 nitrogen and oxygen atoms in total. The molecule has 1 aliphatic carbocycles. The summed E-state index contributed by atoms with van der Waals surface area (Å²) in [6.07, 6.45) is 7.02.